The lowest BCUT2D eigenvalue weighted by molar-refractivity contribution is 0.0593. The molecule has 0 aliphatic carbocycles. The number of para-hydroxylation sites is 1. The zero-order valence-electron chi connectivity index (χ0n) is 10.4. The highest BCUT2D eigenvalue weighted by molar-refractivity contribution is 8.13. The van der Waals surface area contributed by atoms with Gasteiger partial charge in [-0.1, -0.05) is 18.2 Å². The molecule has 1 fully saturated rings. The van der Waals surface area contributed by atoms with Crippen molar-refractivity contribution in [3.63, 3.8) is 0 Å². The van der Waals surface area contributed by atoms with Crippen LogP contribution >= 0.6 is 11.8 Å². The largest absolute Gasteiger partial charge is 0.378 e. The molecule has 0 atom stereocenters. The molecule has 1 amide bonds. The SMILES string of the molecule is O=C(Sc1cccc2cccnc12)N1CCOCC1. The molecule has 2 heterocycles. The van der Waals surface area contributed by atoms with Crippen LogP contribution in [0.3, 0.4) is 0 Å². The van der Waals surface area contributed by atoms with E-state index >= 15 is 0 Å². The van der Waals surface area contributed by atoms with E-state index in [9.17, 15) is 4.79 Å². The monoisotopic (exact) mass is 274 g/mol. The summed E-state index contributed by atoms with van der Waals surface area (Å²) in [5, 5.41) is 1.13. The van der Waals surface area contributed by atoms with Crippen LogP contribution in [0, 0.1) is 0 Å². The summed E-state index contributed by atoms with van der Waals surface area (Å²) >= 11 is 1.25. The second-order valence-electron chi connectivity index (χ2n) is 4.30. The second-order valence-corrected chi connectivity index (χ2v) is 5.29. The molecule has 1 aromatic carbocycles. The zero-order valence-corrected chi connectivity index (χ0v) is 11.2. The minimum atomic E-state index is 0.0708. The molecule has 1 saturated heterocycles. The minimum absolute atomic E-state index is 0.0708. The van der Waals surface area contributed by atoms with Crippen LogP contribution < -0.4 is 0 Å². The van der Waals surface area contributed by atoms with E-state index in [2.05, 4.69) is 4.98 Å². The minimum Gasteiger partial charge on any atom is -0.378 e. The number of pyridine rings is 1. The van der Waals surface area contributed by atoms with Gasteiger partial charge in [-0.3, -0.25) is 9.78 Å². The van der Waals surface area contributed by atoms with Crippen LogP contribution in [0.25, 0.3) is 10.9 Å². The summed E-state index contributed by atoms with van der Waals surface area (Å²) in [5.41, 5.74) is 0.886. The van der Waals surface area contributed by atoms with Crippen molar-refractivity contribution in [1.29, 1.82) is 0 Å². The molecule has 0 radical (unpaired) electrons. The van der Waals surface area contributed by atoms with E-state index in [0.29, 0.717) is 26.3 Å². The number of rotatable bonds is 1. The number of aromatic nitrogens is 1. The molecule has 3 rings (SSSR count). The third-order valence-corrected chi connectivity index (χ3v) is 4.04. The van der Waals surface area contributed by atoms with E-state index in [4.69, 9.17) is 4.74 Å². The molecule has 19 heavy (non-hydrogen) atoms. The van der Waals surface area contributed by atoms with Crippen LogP contribution in [0.1, 0.15) is 0 Å². The molecular weight excluding hydrogens is 260 g/mol. The summed E-state index contributed by atoms with van der Waals surface area (Å²) in [6, 6.07) is 9.81. The first-order valence-electron chi connectivity index (χ1n) is 6.23. The highest BCUT2D eigenvalue weighted by Gasteiger charge is 2.18. The van der Waals surface area contributed by atoms with Crippen molar-refractivity contribution in [3.05, 3.63) is 36.5 Å². The average Bonchev–Trinajstić information content (AvgIpc) is 2.48. The van der Waals surface area contributed by atoms with Gasteiger partial charge in [0.1, 0.15) is 0 Å². The Hall–Kier alpha value is -1.59. The average molecular weight is 274 g/mol. The van der Waals surface area contributed by atoms with E-state index < -0.39 is 0 Å². The fraction of sp³-hybridized carbons (Fsp3) is 0.286. The Morgan fingerprint density at radius 2 is 2.00 bits per heavy atom. The Kier molecular flexibility index (Phi) is 3.66. The highest BCUT2D eigenvalue weighted by atomic mass is 32.2. The van der Waals surface area contributed by atoms with Gasteiger partial charge in [0.25, 0.3) is 5.24 Å². The van der Waals surface area contributed by atoms with E-state index in [1.165, 1.54) is 11.8 Å². The van der Waals surface area contributed by atoms with Crippen LogP contribution in [-0.4, -0.2) is 41.4 Å². The van der Waals surface area contributed by atoms with Crippen molar-refractivity contribution in [1.82, 2.24) is 9.88 Å². The summed E-state index contributed by atoms with van der Waals surface area (Å²) in [4.78, 5) is 19.3. The predicted octanol–water partition coefficient (Wildman–Crippen LogP) is 2.78. The molecule has 0 N–H and O–H groups in total. The fourth-order valence-corrected chi connectivity index (χ4v) is 2.98. The number of ether oxygens (including phenoxy) is 1. The number of morpholine rings is 1. The Labute approximate surface area is 115 Å². The van der Waals surface area contributed by atoms with Gasteiger partial charge >= 0.3 is 0 Å². The summed E-state index contributed by atoms with van der Waals surface area (Å²) in [6.07, 6.45) is 1.76. The van der Waals surface area contributed by atoms with Crippen molar-refractivity contribution >= 4 is 27.9 Å². The lowest BCUT2D eigenvalue weighted by Crippen LogP contribution is -2.38. The maximum absolute atomic E-state index is 12.2. The molecule has 1 aliphatic heterocycles. The number of thioether (sulfide) groups is 1. The quantitative estimate of drug-likeness (QED) is 0.750. The molecule has 2 aromatic rings. The molecule has 1 aliphatic rings. The number of hydrogen-bond donors (Lipinski definition) is 0. The van der Waals surface area contributed by atoms with Crippen LogP contribution in [-0.2, 0) is 4.74 Å². The number of amides is 1. The molecule has 98 valence electrons. The number of fused-ring (bicyclic) bond motifs is 1. The van der Waals surface area contributed by atoms with Crippen LogP contribution in [0.5, 0.6) is 0 Å². The van der Waals surface area contributed by atoms with Crippen LogP contribution in [0.4, 0.5) is 4.79 Å². The van der Waals surface area contributed by atoms with Crippen molar-refractivity contribution in [3.8, 4) is 0 Å². The lowest BCUT2D eigenvalue weighted by Gasteiger charge is -2.26. The maximum atomic E-state index is 12.2. The first-order valence-corrected chi connectivity index (χ1v) is 7.04. The number of hydrogen-bond acceptors (Lipinski definition) is 4. The summed E-state index contributed by atoms with van der Waals surface area (Å²) < 4.78 is 5.25. The predicted molar refractivity (Wildman–Crippen MR) is 75.4 cm³/mol. The fourth-order valence-electron chi connectivity index (χ4n) is 2.06. The smallest absolute Gasteiger partial charge is 0.286 e. The Bertz CT molecular complexity index is 592. The second kappa shape index (κ2) is 5.59. The van der Waals surface area contributed by atoms with E-state index in [1.54, 1.807) is 6.20 Å². The molecule has 0 saturated carbocycles. The number of nitrogens with zero attached hydrogens (tertiary/aromatic N) is 2. The normalized spacial score (nSPS) is 15.7. The topological polar surface area (TPSA) is 42.4 Å². The van der Waals surface area contributed by atoms with E-state index in [1.807, 2.05) is 35.2 Å². The summed E-state index contributed by atoms with van der Waals surface area (Å²) in [7, 11) is 0. The molecule has 0 unspecified atom stereocenters. The Morgan fingerprint density at radius 1 is 1.21 bits per heavy atom. The van der Waals surface area contributed by atoms with Gasteiger partial charge in [-0.15, -0.1) is 0 Å². The van der Waals surface area contributed by atoms with E-state index in [-0.39, 0.29) is 5.24 Å². The first-order chi connectivity index (χ1) is 9.34. The lowest BCUT2D eigenvalue weighted by atomic mass is 10.2. The van der Waals surface area contributed by atoms with Crippen LogP contribution in [0.15, 0.2) is 41.4 Å². The standard InChI is InChI=1S/C14H14N2O2S/c17-14(16-7-9-18-10-8-16)19-12-5-1-3-11-4-2-6-15-13(11)12/h1-6H,7-10H2. The third-order valence-electron chi connectivity index (χ3n) is 3.06. The van der Waals surface area contributed by atoms with Crippen molar-refractivity contribution in [2.24, 2.45) is 0 Å². The van der Waals surface area contributed by atoms with Gasteiger partial charge in [0.15, 0.2) is 0 Å². The van der Waals surface area contributed by atoms with Gasteiger partial charge in [-0.25, -0.2) is 0 Å². The zero-order chi connectivity index (χ0) is 13.1. The van der Waals surface area contributed by atoms with Crippen molar-refractivity contribution < 1.29 is 9.53 Å². The molecule has 1 aromatic heterocycles. The van der Waals surface area contributed by atoms with Gasteiger partial charge in [0.05, 0.1) is 18.7 Å². The molecular formula is C14H14N2O2S. The summed E-state index contributed by atoms with van der Waals surface area (Å²) in [6.45, 7) is 2.59. The Morgan fingerprint density at radius 3 is 2.84 bits per heavy atom. The van der Waals surface area contributed by atoms with Gasteiger partial charge in [0, 0.05) is 29.6 Å². The van der Waals surface area contributed by atoms with E-state index in [0.717, 1.165) is 15.8 Å². The molecule has 4 nitrogen and oxygen atoms in total. The highest BCUT2D eigenvalue weighted by Crippen LogP contribution is 2.28. The first kappa shape index (κ1) is 12.4. The van der Waals surface area contributed by atoms with Gasteiger partial charge < -0.3 is 9.64 Å². The number of carbonyl (C=O) groups is 1. The van der Waals surface area contributed by atoms with Gasteiger partial charge in [-0.2, -0.15) is 0 Å². The van der Waals surface area contributed by atoms with Gasteiger partial charge in [0.2, 0.25) is 0 Å². The van der Waals surface area contributed by atoms with Crippen LogP contribution in [0.2, 0.25) is 0 Å². The third kappa shape index (κ3) is 2.72. The Balaban J connectivity index is 1.82. The number of carbonyl (C=O) groups excluding carboxylic acids is 1. The van der Waals surface area contributed by atoms with Gasteiger partial charge in [-0.05, 0) is 23.9 Å². The maximum Gasteiger partial charge on any atom is 0.286 e. The number of benzene rings is 1. The van der Waals surface area contributed by atoms with Crippen molar-refractivity contribution in [2.45, 2.75) is 4.90 Å². The van der Waals surface area contributed by atoms with Crippen molar-refractivity contribution in [2.75, 3.05) is 26.3 Å². The molecule has 0 bridgehead atoms. The molecule has 5 heteroatoms. The summed E-state index contributed by atoms with van der Waals surface area (Å²) in [5.74, 6) is 0. The molecule has 0 spiro atoms.